The fourth-order valence-electron chi connectivity index (χ4n) is 3.85. The number of rotatable bonds is 5. The Kier molecular flexibility index (Phi) is 6.18. The zero-order valence-corrected chi connectivity index (χ0v) is 17.3. The Morgan fingerprint density at radius 2 is 1.73 bits per heavy atom. The predicted octanol–water partition coefficient (Wildman–Crippen LogP) is 4.40. The predicted molar refractivity (Wildman–Crippen MR) is 115 cm³/mol. The number of allylic oxidation sites excluding steroid dienone is 1. The lowest BCUT2D eigenvalue weighted by Crippen LogP contribution is -2.39. The van der Waals surface area contributed by atoms with Gasteiger partial charge in [0.25, 0.3) is 0 Å². The van der Waals surface area contributed by atoms with Gasteiger partial charge in [-0.3, -0.25) is 9.99 Å². The van der Waals surface area contributed by atoms with Crippen LogP contribution in [0.15, 0.2) is 71.1 Å². The molecule has 0 N–H and O–H groups in total. The summed E-state index contributed by atoms with van der Waals surface area (Å²) in [7, 11) is 4.24. The van der Waals surface area contributed by atoms with Crippen molar-refractivity contribution in [2.24, 2.45) is 10.3 Å². The van der Waals surface area contributed by atoms with Crippen LogP contribution in [0.1, 0.15) is 24.0 Å². The maximum absolute atomic E-state index is 13.4. The van der Waals surface area contributed by atoms with Crippen LogP contribution in [0.2, 0.25) is 0 Å². The molecule has 0 saturated carbocycles. The van der Waals surface area contributed by atoms with Crippen LogP contribution >= 0.6 is 0 Å². The largest absolute Gasteiger partial charge is 0.494 e. The molecule has 6 nitrogen and oxygen atoms in total. The van der Waals surface area contributed by atoms with E-state index in [1.807, 2.05) is 17.1 Å². The molecule has 1 aromatic heterocycles. The lowest BCUT2D eigenvalue weighted by Gasteiger charge is -2.33. The maximum atomic E-state index is 13.4. The van der Waals surface area contributed by atoms with E-state index in [-0.39, 0.29) is 5.82 Å². The van der Waals surface area contributed by atoms with Crippen molar-refractivity contribution in [2.45, 2.75) is 18.9 Å². The molecule has 1 saturated heterocycles. The van der Waals surface area contributed by atoms with Gasteiger partial charge in [0, 0.05) is 42.7 Å². The smallest absolute Gasteiger partial charge is 0.130 e. The summed E-state index contributed by atoms with van der Waals surface area (Å²) < 4.78 is 19.2. The van der Waals surface area contributed by atoms with E-state index in [2.05, 4.69) is 34.3 Å². The van der Waals surface area contributed by atoms with Crippen LogP contribution in [0.25, 0.3) is 11.1 Å². The first-order valence-corrected chi connectivity index (χ1v) is 10.2. The molecule has 0 unspecified atom stereocenters. The molecule has 0 bridgehead atoms. The van der Waals surface area contributed by atoms with Crippen molar-refractivity contribution >= 4 is 11.1 Å². The molecule has 0 atom stereocenters. The second-order valence-corrected chi connectivity index (χ2v) is 7.75. The van der Waals surface area contributed by atoms with Crippen LogP contribution in [0.5, 0.6) is 0 Å². The number of hydrogen-bond acceptors (Lipinski definition) is 5. The molecule has 156 valence electrons. The van der Waals surface area contributed by atoms with Crippen LogP contribution in [-0.4, -0.2) is 54.7 Å². The first-order valence-electron chi connectivity index (χ1n) is 10.2. The summed E-state index contributed by atoms with van der Waals surface area (Å²) >= 11 is 0. The Labute approximate surface area is 176 Å². The summed E-state index contributed by atoms with van der Waals surface area (Å²) in [6, 6.07) is 10.9. The zero-order valence-electron chi connectivity index (χ0n) is 17.3. The minimum atomic E-state index is -0.266. The molecule has 0 aliphatic carbocycles. The molecule has 4 rings (SSSR count). The minimum Gasteiger partial charge on any atom is -0.494 e. The van der Waals surface area contributed by atoms with E-state index in [9.17, 15) is 4.39 Å². The summed E-state index contributed by atoms with van der Waals surface area (Å²) in [6.07, 6.45) is 7.28. The molecule has 1 fully saturated rings. The van der Waals surface area contributed by atoms with E-state index < -0.39 is 0 Å². The third-order valence-corrected chi connectivity index (χ3v) is 5.59. The molecular formula is C23H26FN5O. The Morgan fingerprint density at radius 3 is 2.40 bits per heavy atom. The van der Waals surface area contributed by atoms with Crippen molar-refractivity contribution in [3.05, 3.63) is 77.7 Å². The van der Waals surface area contributed by atoms with Crippen LogP contribution < -0.4 is 0 Å². The van der Waals surface area contributed by atoms with Gasteiger partial charge < -0.3 is 9.64 Å². The molecule has 7 heteroatoms. The lowest BCUT2D eigenvalue weighted by molar-refractivity contribution is 0.141. The number of ether oxygens (including phenoxy) is 1. The number of nitrogens with zero attached hydrogens (tertiary/aromatic N) is 5. The van der Waals surface area contributed by atoms with E-state index in [0.29, 0.717) is 18.3 Å². The molecule has 30 heavy (non-hydrogen) atoms. The van der Waals surface area contributed by atoms with Gasteiger partial charge in [-0.2, -0.15) is 0 Å². The lowest BCUT2D eigenvalue weighted by atomic mass is 9.92. The second kappa shape index (κ2) is 9.17. The van der Waals surface area contributed by atoms with Crippen molar-refractivity contribution in [1.29, 1.82) is 0 Å². The zero-order chi connectivity index (χ0) is 20.9. The van der Waals surface area contributed by atoms with Gasteiger partial charge in [-0.1, -0.05) is 17.4 Å². The molecule has 3 heterocycles. The molecule has 0 radical (unpaired) electrons. The van der Waals surface area contributed by atoms with Gasteiger partial charge in [-0.15, -0.1) is 5.11 Å². The Balaban J connectivity index is 1.63. The number of pyridine rings is 1. The van der Waals surface area contributed by atoms with E-state index in [1.165, 1.54) is 12.1 Å². The van der Waals surface area contributed by atoms with Gasteiger partial charge in [0.2, 0.25) is 0 Å². The second-order valence-electron chi connectivity index (χ2n) is 7.75. The average molecular weight is 407 g/mol. The Morgan fingerprint density at radius 1 is 1.03 bits per heavy atom. The standard InChI is InChI=1S/C23H26FN5O/c1-28(2)20-9-13-29(14-10-20)27-26-22-16-30-15-21(17-3-5-19(24)6-4-17)23(22)18-7-11-25-12-8-18/h3-8,11-12,16,20H,9-10,13-15H2,1-2H3. The summed E-state index contributed by atoms with van der Waals surface area (Å²) in [4.78, 5) is 6.40. The summed E-state index contributed by atoms with van der Waals surface area (Å²) in [5, 5.41) is 11.1. The van der Waals surface area contributed by atoms with Crippen molar-refractivity contribution in [3.63, 3.8) is 0 Å². The highest BCUT2D eigenvalue weighted by molar-refractivity contribution is 5.99. The molecule has 2 aliphatic heterocycles. The number of aromatic nitrogens is 1. The van der Waals surface area contributed by atoms with Crippen molar-refractivity contribution in [1.82, 2.24) is 14.9 Å². The summed E-state index contributed by atoms with van der Waals surface area (Å²) in [6.45, 7) is 2.13. The van der Waals surface area contributed by atoms with Crippen LogP contribution in [-0.2, 0) is 4.74 Å². The molecule has 2 aromatic rings. The van der Waals surface area contributed by atoms with Crippen molar-refractivity contribution in [3.8, 4) is 0 Å². The van der Waals surface area contributed by atoms with Gasteiger partial charge in [-0.05, 0) is 62.3 Å². The molecule has 1 aromatic carbocycles. The first kappa shape index (κ1) is 20.2. The fraction of sp³-hybridized carbons (Fsp3) is 0.348. The van der Waals surface area contributed by atoms with Crippen molar-refractivity contribution < 1.29 is 9.13 Å². The normalized spacial score (nSPS) is 18.1. The average Bonchev–Trinajstić information content (AvgIpc) is 2.79. The number of hydrogen-bond donors (Lipinski definition) is 0. The molecule has 0 amide bonds. The maximum Gasteiger partial charge on any atom is 0.130 e. The van der Waals surface area contributed by atoms with E-state index in [4.69, 9.17) is 4.74 Å². The van der Waals surface area contributed by atoms with Gasteiger partial charge in [0.05, 0.1) is 0 Å². The topological polar surface area (TPSA) is 53.3 Å². The van der Waals surface area contributed by atoms with Gasteiger partial charge in [0.15, 0.2) is 0 Å². The summed E-state index contributed by atoms with van der Waals surface area (Å²) in [5.41, 5.74) is 4.41. The quantitative estimate of drug-likeness (QED) is 0.690. The fourth-order valence-corrected chi connectivity index (χ4v) is 3.85. The van der Waals surface area contributed by atoms with Crippen molar-refractivity contribution in [2.75, 3.05) is 33.8 Å². The van der Waals surface area contributed by atoms with E-state index >= 15 is 0 Å². The van der Waals surface area contributed by atoms with E-state index in [0.717, 1.165) is 48.2 Å². The number of piperidine rings is 1. The Hall–Kier alpha value is -3.06. The highest BCUT2D eigenvalue weighted by atomic mass is 19.1. The highest BCUT2D eigenvalue weighted by Gasteiger charge is 2.23. The highest BCUT2D eigenvalue weighted by Crippen LogP contribution is 2.36. The van der Waals surface area contributed by atoms with Gasteiger partial charge >= 0.3 is 0 Å². The molecular weight excluding hydrogens is 381 g/mol. The van der Waals surface area contributed by atoms with Gasteiger partial charge in [0.1, 0.15) is 24.4 Å². The third-order valence-electron chi connectivity index (χ3n) is 5.59. The third kappa shape index (κ3) is 4.57. The number of halogens is 1. The Bertz CT molecular complexity index is 945. The van der Waals surface area contributed by atoms with Crippen LogP contribution in [0, 0.1) is 5.82 Å². The van der Waals surface area contributed by atoms with Crippen LogP contribution in [0.3, 0.4) is 0 Å². The monoisotopic (exact) mass is 407 g/mol. The van der Waals surface area contributed by atoms with Crippen LogP contribution in [0.4, 0.5) is 4.39 Å². The minimum absolute atomic E-state index is 0.266. The van der Waals surface area contributed by atoms with E-state index in [1.54, 1.807) is 30.8 Å². The number of benzene rings is 1. The molecule has 0 spiro atoms. The summed E-state index contributed by atoms with van der Waals surface area (Å²) in [5.74, 6) is -0.266. The first-order chi connectivity index (χ1) is 14.6. The SMILES string of the molecule is CN(C)C1CCN(N=NC2=COCC(c3ccc(F)cc3)=C2c2ccncc2)CC1. The molecule has 2 aliphatic rings. The van der Waals surface area contributed by atoms with Gasteiger partial charge in [-0.25, -0.2) is 4.39 Å².